The van der Waals surface area contributed by atoms with Gasteiger partial charge >= 0.3 is 12.0 Å². The molecule has 2 aromatic carbocycles. The van der Waals surface area contributed by atoms with Gasteiger partial charge in [0.2, 0.25) is 5.91 Å². The molecule has 1 saturated heterocycles. The molecule has 186 valence electrons. The van der Waals surface area contributed by atoms with Crippen LogP contribution in [0.5, 0.6) is 0 Å². The first-order chi connectivity index (χ1) is 16.3. The van der Waals surface area contributed by atoms with Crippen molar-refractivity contribution in [1.29, 1.82) is 0 Å². The predicted molar refractivity (Wildman–Crippen MR) is 132 cm³/mol. The number of rotatable bonds is 9. The Hall–Kier alpha value is -3.92. The summed E-state index contributed by atoms with van der Waals surface area (Å²) < 4.78 is 5.01. The SMILES string of the molecule is CCOC(=O)C[C@H](NC(=O)CN1C(=O)N[C@@](C)(c2ccc(C=NN)cc2)C1=O)c1ccccc1.Cl. The summed E-state index contributed by atoms with van der Waals surface area (Å²) in [5, 5.41) is 8.85. The van der Waals surface area contributed by atoms with E-state index in [1.807, 2.05) is 6.07 Å². The first kappa shape index (κ1) is 27.3. The molecular weight excluding hydrogens is 474 g/mol. The molecule has 0 aliphatic carbocycles. The highest BCUT2D eigenvalue weighted by Gasteiger charge is 2.49. The number of halogens is 1. The molecule has 10 nitrogen and oxygen atoms in total. The summed E-state index contributed by atoms with van der Waals surface area (Å²) in [6, 6.07) is 14.4. The number of hydrogen-bond acceptors (Lipinski definition) is 7. The van der Waals surface area contributed by atoms with Gasteiger partial charge in [-0.1, -0.05) is 54.6 Å². The molecule has 2 atom stereocenters. The number of carbonyl (C=O) groups is 4. The topological polar surface area (TPSA) is 143 Å². The minimum absolute atomic E-state index is 0. The van der Waals surface area contributed by atoms with E-state index in [9.17, 15) is 19.2 Å². The summed E-state index contributed by atoms with van der Waals surface area (Å²) in [5.74, 6) is 3.54. The summed E-state index contributed by atoms with van der Waals surface area (Å²) in [4.78, 5) is 51.5. The second-order valence-corrected chi connectivity index (χ2v) is 7.89. The smallest absolute Gasteiger partial charge is 0.325 e. The Kier molecular flexibility index (Phi) is 9.35. The van der Waals surface area contributed by atoms with Crippen molar-refractivity contribution in [3.05, 3.63) is 71.3 Å². The van der Waals surface area contributed by atoms with Crippen molar-refractivity contribution in [3.8, 4) is 0 Å². The molecule has 2 aromatic rings. The molecule has 0 unspecified atom stereocenters. The highest BCUT2D eigenvalue weighted by atomic mass is 35.5. The van der Waals surface area contributed by atoms with E-state index in [0.717, 1.165) is 10.5 Å². The second-order valence-electron chi connectivity index (χ2n) is 7.89. The van der Waals surface area contributed by atoms with Crippen LogP contribution in [0, 0.1) is 0 Å². The fourth-order valence-corrected chi connectivity index (χ4v) is 3.73. The van der Waals surface area contributed by atoms with Crippen LogP contribution >= 0.6 is 12.4 Å². The van der Waals surface area contributed by atoms with Gasteiger partial charge in [-0.15, -0.1) is 12.4 Å². The highest BCUT2D eigenvalue weighted by molar-refractivity contribution is 6.09. The number of esters is 1. The third-order valence-corrected chi connectivity index (χ3v) is 5.50. The number of nitrogens with one attached hydrogen (secondary N) is 2. The lowest BCUT2D eigenvalue weighted by molar-refractivity contribution is -0.144. The summed E-state index contributed by atoms with van der Waals surface area (Å²) in [5.41, 5.74) is 0.648. The van der Waals surface area contributed by atoms with Gasteiger partial charge in [-0.05, 0) is 30.5 Å². The second kappa shape index (κ2) is 12.0. The third-order valence-electron chi connectivity index (χ3n) is 5.50. The zero-order chi connectivity index (χ0) is 24.7. The number of hydrazone groups is 1. The van der Waals surface area contributed by atoms with Crippen molar-refractivity contribution in [1.82, 2.24) is 15.5 Å². The molecule has 0 saturated carbocycles. The normalized spacial score (nSPS) is 18.1. The van der Waals surface area contributed by atoms with Crippen molar-refractivity contribution in [2.24, 2.45) is 10.9 Å². The van der Waals surface area contributed by atoms with Gasteiger partial charge in [0.1, 0.15) is 12.1 Å². The Bertz CT molecular complexity index is 1090. The minimum atomic E-state index is -1.33. The van der Waals surface area contributed by atoms with Crippen LogP contribution in [0.4, 0.5) is 4.79 Å². The lowest BCUT2D eigenvalue weighted by atomic mass is 9.91. The number of ether oxygens (including phenoxy) is 1. The van der Waals surface area contributed by atoms with Gasteiger partial charge in [0, 0.05) is 0 Å². The molecule has 3 rings (SSSR count). The Morgan fingerprint density at radius 3 is 2.43 bits per heavy atom. The van der Waals surface area contributed by atoms with Gasteiger partial charge in [0.05, 0.1) is 25.3 Å². The maximum absolute atomic E-state index is 13.1. The number of nitrogens with zero attached hydrogens (tertiary/aromatic N) is 2. The van der Waals surface area contributed by atoms with Gasteiger partial charge < -0.3 is 21.2 Å². The van der Waals surface area contributed by atoms with Crippen LogP contribution in [0.3, 0.4) is 0 Å². The Morgan fingerprint density at radius 2 is 1.83 bits per heavy atom. The van der Waals surface area contributed by atoms with E-state index in [1.165, 1.54) is 6.21 Å². The van der Waals surface area contributed by atoms with Crippen molar-refractivity contribution in [2.45, 2.75) is 31.8 Å². The highest BCUT2D eigenvalue weighted by Crippen LogP contribution is 2.29. The molecule has 4 amide bonds. The molecule has 1 aliphatic heterocycles. The quantitative estimate of drug-likeness (QED) is 0.157. The van der Waals surface area contributed by atoms with Crippen molar-refractivity contribution < 1.29 is 23.9 Å². The van der Waals surface area contributed by atoms with Gasteiger partial charge in [-0.25, -0.2) is 4.79 Å². The maximum Gasteiger partial charge on any atom is 0.325 e. The summed E-state index contributed by atoms with van der Waals surface area (Å²) in [7, 11) is 0. The molecule has 4 N–H and O–H groups in total. The Labute approximate surface area is 209 Å². The molecule has 1 heterocycles. The number of amides is 4. The lowest BCUT2D eigenvalue weighted by Crippen LogP contribution is -2.44. The fraction of sp³-hybridized carbons (Fsp3) is 0.292. The van der Waals surface area contributed by atoms with Crippen LogP contribution in [0.1, 0.15) is 43.0 Å². The standard InChI is InChI=1S/C24H27N5O5.ClH/c1-3-34-21(31)13-19(17-7-5-4-6-8-17)27-20(30)15-29-22(32)24(2,28-23(29)33)18-11-9-16(10-12-18)14-26-25;/h4-12,14,19H,3,13,15,25H2,1-2H3,(H,27,30)(H,28,33);1H/t19-,24-;/m0./s1. The molecule has 0 bridgehead atoms. The van der Waals surface area contributed by atoms with Gasteiger partial charge in [0.15, 0.2) is 0 Å². The number of benzene rings is 2. The van der Waals surface area contributed by atoms with Crippen LogP contribution in [-0.2, 0) is 24.7 Å². The summed E-state index contributed by atoms with van der Waals surface area (Å²) in [6.07, 6.45) is 1.37. The molecule has 1 fully saturated rings. The van der Waals surface area contributed by atoms with E-state index < -0.39 is 41.9 Å². The van der Waals surface area contributed by atoms with Crippen LogP contribution in [0.25, 0.3) is 0 Å². The van der Waals surface area contributed by atoms with Crippen LogP contribution in [0.15, 0.2) is 59.7 Å². The number of hydrogen-bond donors (Lipinski definition) is 3. The number of nitrogens with two attached hydrogens (primary N) is 1. The van der Waals surface area contributed by atoms with Gasteiger partial charge in [0.25, 0.3) is 5.91 Å². The predicted octanol–water partition coefficient (Wildman–Crippen LogP) is 1.98. The van der Waals surface area contributed by atoms with Crippen LogP contribution in [0.2, 0.25) is 0 Å². The zero-order valence-corrected chi connectivity index (χ0v) is 20.2. The average molecular weight is 502 g/mol. The molecule has 35 heavy (non-hydrogen) atoms. The largest absolute Gasteiger partial charge is 0.466 e. The van der Waals surface area contributed by atoms with Crippen LogP contribution < -0.4 is 16.5 Å². The first-order valence-corrected chi connectivity index (χ1v) is 10.8. The van der Waals surface area contributed by atoms with E-state index in [0.29, 0.717) is 11.1 Å². The van der Waals surface area contributed by atoms with Crippen molar-refractivity contribution in [3.63, 3.8) is 0 Å². The molecule has 11 heteroatoms. The average Bonchev–Trinajstić information content (AvgIpc) is 3.04. The zero-order valence-electron chi connectivity index (χ0n) is 19.4. The van der Waals surface area contributed by atoms with E-state index in [2.05, 4.69) is 15.7 Å². The Balaban J connectivity index is 0.00000432. The molecule has 0 aromatic heterocycles. The Morgan fingerprint density at radius 1 is 1.17 bits per heavy atom. The lowest BCUT2D eigenvalue weighted by Gasteiger charge is -2.23. The summed E-state index contributed by atoms with van der Waals surface area (Å²) >= 11 is 0. The molecule has 0 spiro atoms. The van der Waals surface area contributed by atoms with Gasteiger partial charge in [-0.3, -0.25) is 19.3 Å². The molecule has 1 aliphatic rings. The van der Waals surface area contributed by atoms with Crippen molar-refractivity contribution in [2.75, 3.05) is 13.2 Å². The monoisotopic (exact) mass is 501 g/mol. The first-order valence-electron chi connectivity index (χ1n) is 10.8. The van der Waals surface area contributed by atoms with E-state index >= 15 is 0 Å². The minimum Gasteiger partial charge on any atom is -0.466 e. The summed E-state index contributed by atoms with van der Waals surface area (Å²) in [6.45, 7) is 2.99. The van der Waals surface area contributed by atoms with Gasteiger partial charge in [-0.2, -0.15) is 5.10 Å². The van der Waals surface area contributed by atoms with Crippen molar-refractivity contribution >= 4 is 42.4 Å². The van der Waals surface area contributed by atoms with E-state index in [-0.39, 0.29) is 25.4 Å². The molecule has 0 radical (unpaired) electrons. The fourth-order valence-electron chi connectivity index (χ4n) is 3.73. The number of urea groups is 1. The molecular formula is C24H28ClN5O5. The maximum atomic E-state index is 13.1. The van der Waals surface area contributed by atoms with Crippen LogP contribution in [-0.4, -0.2) is 48.1 Å². The number of carbonyl (C=O) groups excluding carboxylic acids is 4. The third kappa shape index (κ3) is 6.36. The van der Waals surface area contributed by atoms with E-state index in [1.54, 1.807) is 62.4 Å². The number of imide groups is 1. The van der Waals surface area contributed by atoms with E-state index in [4.69, 9.17) is 10.6 Å².